The number of hydrogen-bond donors (Lipinski definition) is 0. The molecule has 0 fully saturated rings. The fraction of sp³-hybridized carbons (Fsp3) is 0.333. The zero-order valence-corrected chi connectivity index (χ0v) is 11.8. The third kappa shape index (κ3) is 2.80. The summed E-state index contributed by atoms with van der Waals surface area (Å²) >= 11 is 7.47. The molecule has 0 unspecified atom stereocenters. The second-order valence-corrected chi connectivity index (χ2v) is 5.53. The number of thiophene rings is 1. The molecule has 2 aromatic rings. The molecule has 0 radical (unpaired) electrons. The summed E-state index contributed by atoms with van der Waals surface area (Å²) in [5.74, 6) is -0.0637. The molecule has 0 bridgehead atoms. The summed E-state index contributed by atoms with van der Waals surface area (Å²) in [6.45, 7) is 1.45. The van der Waals surface area contributed by atoms with Gasteiger partial charge in [0.25, 0.3) is 0 Å². The number of aromatic nitrogens is 2. The molecule has 2 heterocycles. The fourth-order valence-electron chi connectivity index (χ4n) is 1.58. The third-order valence-corrected chi connectivity index (χ3v) is 3.66. The molecule has 0 aliphatic heterocycles. The predicted octanol–water partition coefficient (Wildman–Crippen LogP) is 2.39. The minimum Gasteiger partial charge on any atom is -0.308 e. The van der Waals surface area contributed by atoms with Gasteiger partial charge in [-0.25, -0.2) is 0 Å². The van der Waals surface area contributed by atoms with Crippen LogP contribution >= 0.6 is 22.9 Å². The highest BCUT2D eigenvalue weighted by molar-refractivity contribution is 7.12. The number of carbonyl (C=O) groups is 1. The summed E-state index contributed by atoms with van der Waals surface area (Å²) in [4.78, 5) is 15.0. The van der Waals surface area contributed by atoms with Crippen LogP contribution < -0.4 is 0 Å². The van der Waals surface area contributed by atoms with Crippen molar-refractivity contribution in [2.75, 3.05) is 20.6 Å². The van der Waals surface area contributed by atoms with E-state index in [-0.39, 0.29) is 5.78 Å². The van der Waals surface area contributed by atoms with Gasteiger partial charge >= 0.3 is 0 Å². The number of halogens is 1. The highest BCUT2D eigenvalue weighted by Gasteiger charge is 2.19. The molecule has 0 aliphatic rings. The van der Waals surface area contributed by atoms with Crippen LogP contribution in [0.5, 0.6) is 0 Å². The van der Waals surface area contributed by atoms with Gasteiger partial charge < -0.3 is 4.90 Å². The fourth-order valence-corrected chi connectivity index (χ4v) is 2.47. The Kier molecular flexibility index (Phi) is 4.16. The van der Waals surface area contributed by atoms with Gasteiger partial charge in [-0.05, 0) is 25.5 Å². The van der Waals surface area contributed by atoms with Crippen LogP contribution in [0, 0.1) is 0 Å². The lowest BCUT2D eigenvalue weighted by Crippen LogP contribution is -2.21. The third-order valence-electron chi connectivity index (χ3n) is 2.51. The lowest BCUT2D eigenvalue weighted by atomic mass is 10.2. The Bertz CT molecular complexity index is 534. The van der Waals surface area contributed by atoms with Gasteiger partial charge in [0.15, 0.2) is 0 Å². The van der Waals surface area contributed by atoms with Crippen molar-refractivity contribution in [3.05, 3.63) is 39.3 Å². The standard InChI is InChI=1S/C12H14ClN3OS/c1-15(2)5-6-16-11(9(13)8-14-16)12(17)10-4-3-7-18-10/h3-4,7-8H,5-6H2,1-2H3. The van der Waals surface area contributed by atoms with Gasteiger partial charge in [0.05, 0.1) is 22.6 Å². The van der Waals surface area contributed by atoms with Crippen LogP contribution in [-0.2, 0) is 6.54 Å². The summed E-state index contributed by atoms with van der Waals surface area (Å²) in [5, 5.41) is 6.45. The first-order valence-corrected chi connectivity index (χ1v) is 6.79. The molecule has 0 atom stereocenters. The Hall–Kier alpha value is -1.17. The van der Waals surface area contributed by atoms with Crippen LogP contribution in [0.15, 0.2) is 23.7 Å². The second kappa shape index (κ2) is 5.65. The van der Waals surface area contributed by atoms with Crippen molar-refractivity contribution in [3.63, 3.8) is 0 Å². The van der Waals surface area contributed by atoms with E-state index in [0.29, 0.717) is 22.1 Å². The van der Waals surface area contributed by atoms with Gasteiger partial charge in [0, 0.05) is 6.54 Å². The highest BCUT2D eigenvalue weighted by Crippen LogP contribution is 2.21. The van der Waals surface area contributed by atoms with Gasteiger partial charge in [0.2, 0.25) is 5.78 Å². The van der Waals surface area contributed by atoms with E-state index in [1.165, 1.54) is 17.5 Å². The van der Waals surface area contributed by atoms with E-state index in [0.717, 1.165) is 6.54 Å². The first-order chi connectivity index (χ1) is 8.59. The molecular weight excluding hydrogens is 270 g/mol. The van der Waals surface area contributed by atoms with Crippen molar-refractivity contribution in [3.8, 4) is 0 Å². The molecule has 0 spiro atoms. The number of hydrogen-bond acceptors (Lipinski definition) is 4. The summed E-state index contributed by atoms with van der Waals surface area (Å²) < 4.78 is 1.67. The van der Waals surface area contributed by atoms with Crippen LogP contribution in [0.4, 0.5) is 0 Å². The largest absolute Gasteiger partial charge is 0.308 e. The van der Waals surface area contributed by atoms with E-state index in [9.17, 15) is 4.79 Å². The van der Waals surface area contributed by atoms with Gasteiger partial charge in [-0.1, -0.05) is 17.7 Å². The van der Waals surface area contributed by atoms with Gasteiger partial charge in [-0.15, -0.1) is 11.3 Å². The van der Waals surface area contributed by atoms with E-state index in [1.807, 2.05) is 30.4 Å². The monoisotopic (exact) mass is 283 g/mol. The Labute approximate surface area is 115 Å². The Morgan fingerprint density at radius 1 is 1.56 bits per heavy atom. The van der Waals surface area contributed by atoms with Crippen LogP contribution in [0.2, 0.25) is 5.02 Å². The number of likely N-dealkylation sites (N-methyl/N-ethyl adjacent to an activating group) is 1. The number of nitrogens with zero attached hydrogens (tertiary/aromatic N) is 3. The summed E-state index contributed by atoms with van der Waals surface area (Å²) in [5.41, 5.74) is 0.473. The SMILES string of the molecule is CN(C)CCn1ncc(Cl)c1C(=O)c1cccs1. The molecule has 0 saturated heterocycles. The van der Waals surface area contributed by atoms with Crippen molar-refractivity contribution >= 4 is 28.7 Å². The van der Waals surface area contributed by atoms with Gasteiger partial charge in [-0.3, -0.25) is 9.48 Å². The molecule has 2 rings (SSSR count). The van der Waals surface area contributed by atoms with Crippen molar-refractivity contribution in [2.45, 2.75) is 6.54 Å². The lowest BCUT2D eigenvalue weighted by Gasteiger charge is -2.11. The van der Waals surface area contributed by atoms with E-state index in [4.69, 9.17) is 11.6 Å². The van der Waals surface area contributed by atoms with Crippen molar-refractivity contribution in [1.82, 2.24) is 14.7 Å². The summed E-state index contributed by atoms with van der Waals surface area (Å²) in [6.07, 6.45) is 1.53. The minimum atomic E-state index is -0.0637. The smallest absolute Gasteiger partial charge is 0.222 e. The van der Waals surface area contributed by atoms with Crippen molar-refractivity contribution in [2.24, 2.45) is 0 Å². The molecule has 18 heavy (non-hydrogen) atoms. The van der Waals surface area contributed by atoms with E-state index in [2.05, 4.69) is 5.10 Å². The molecule has 0 saturated carbocycles. The number of carbonyl (C=O) groups excluding carboxylic acids is 1. The molecule has 96 valence electrons. The zero-order chi connectivity index (χ0) is 13.1. The quantitative estimate of drug-likeness (QED) is 0.791. The molecular formula is C12H14ClN3OS. The molecule has 2 aromatic heterocycles. The topological polar surface area (TPSA) is 38.1 Å². The first kappa shape index (κ1) is 13.3. The molecule has 4 nitrogen and oxygen atoms in total. The second-order valence-electron chi connectivity index (χ2n) is 4.17. The Balaban J connectivity index is 2.26. The molecule has 0 amide bonds. The Morgan fingerprint density at radius 3 is 2.94 bits per heavy atom. The van der Waals surface area contributed by atoms with Crippen LogP contribution in [-0.4, -0.2) is 41.1 Å². The summed E-state index contributed by atoms with van der Waals surface area (Å²) in [6, 6.07) is 3.65. The van der Waals surface area contributed by atoms with Crippen LogP contribution in [0.25, 0.3) is 0 Å². The maximum Gasteiger partial charge on any atom is 0.222 e. The Morgan fingerprint density at radius 2 is 2.33 bits per heavy atom. The summed E-state index contributed by atoms with van der Waals surface area (Å²) in [7, 11) is 3.96. The maximum atomic E-state index is 12.3. The average molecular weight is 284 g/mol. The van der Waals surface area contributed by atoms with Gasteiger partial charge in [-0.2, -0.15) is 5.10 Å². The van der Waals surface area contributed by atoms with E-state index < -0.39 is 0 Å². The molecule has 0 N–H and O–H groups in total. The minimum absolute atomic E-state index is 0.0637. The normalized spacial score (nSPS) is 11.1. The first-order valence-electron chi connectivity index (χ1n) is 5.54. The number of ketones is 1. The number of rotatable bonds is 5. The van der Waals surface area contributed by atoms with E-state index >= 15 is 0 Å². The van der Waals surface area contributed by atoms with Crippen molar-refractivity contribution in [1.29, 1.82) is 0 Å². The van der Waals surface area contributed by atoms with Crippen LogP contribution in [0.1, 0.15) is 15.4 Å². The van der Waals surface area contributed by atoms with E-state index in [1.54, 1.807) is 10.7 Å². The van der Waals surface area contributed by atoms with Crippen LogP contribution in [0.3, 0.4) is 0 Å². The van der Waals surface area contributed by atoms with Crippen molar-refractivity contribution < 1.29 is 4.79 Å². The zero-order valence-electron chi connectivity index (χ0n) is 10.3. The lowest BCUT2D eigenvalue weighted by molar-refractivity contribution is 0.103. The molecule has 6 heteroatoms. The predicted molar refractivity (Wildman–Crippen MR) is 73.5 cm³/mol. The maximum absolute atomic E-state index is 12.3. The molecule has 0 aromatic carbocycles. The highest BCUT2D eigenvalue weighted by atomic mass is 35.5. The average Bonchev–Trinajstić information content (AvgIpc) is 2.94. The molecule has 0 aliphatic carbocycles. The van der Waals surface area contributed by atoms with Gasteiger partial charge in [0.1, 0.15) is 5.69 Å².